The zero-order chi connectivity index (χ0) is 18.1. The van der Waals surface area contributed by atoms with Gasteiger partial charge >= 0.3 is 157 Å². The molecule has 8 heteroatoms. The van der Waals surface area contributed by atoms with Crippen molar-refractivity contribution in [1.29, 1.82) is 0 Å². The maximum atomic E-state index is 12.2. The molecule has 0 radical (unpaired) electrons. The van der Waals surface area contributed by atoms with Crippen molar-refractivity contribution in [2.75, 3.05) is 0 Å². The molecule has 3 N–H and O–H groups in total. The number of carbonyl (C=O) groups excluding carboxylic acids is 2. The molecule has 25 heavy (non-hydrogen) atoms. The van der Waals surface area contributed by atoms with E-state index in [0.29, 0.717) is 16.7 Å². The number of benzene rings is 2. The molecule has 1 atom stereocenters. The first-order valence-electron chi connectivity index (χ1n) is 7.05. The van der Waals surface area contributed by atoms with E-state index in [1.807, 2.05) is 0 Å². The summed E-state index contributed by atoms with van der Waals surface area (Å²) in [5.41, 5.74) is 1.17. The SMILES string of the molecule is O=C1NC(=O)c2ccc(Br)cc2/C1=C/[AsH]c1ccc(O)c(C(=O)O)c1. The number of hydrogen-bond acceptors (Lipinski definition) is 4. The molecule has 1 unspecified atom stereocenters. The van der Waals surface area contributed by atoms with E-state index >= 15 is 0 Å². The van der Waals surface area contributed by atoms with Crippen molar-refractivity contribution in [3.8, 4) is 5.75 Å². The molecule has 0 saturated carbocycles. The molecule has 0 saturated heterocycles. The third-order valence-electron chi connectivity index (χ3n) is 3.60. The second kappa shape index (κ2) is 6.86. The molecule has 0 aromatic heterocycles. The maximum absolute atomic E-state index is 12.2. The van der Waals surface area contributed by atoms with E-state index in [4.69, 9.17) is 5.11 Å². The van der Waals surface area contributed by atoms with Gasteiger partial charge in [0, 0.05) is 0 Å². The summed E-state index contributed by atoms with van der Waals surface area (Å²) in [6.45, 7) is 0. The summed E-state index contributed by atoms with van der Waals surface area (Å²) in [6, 6.07) is 9.44. The average molecular weight is 464 g/mol. The minimum atomic E-state index is -1.21. The Morgan fingerprint density at radius 2 is 1.84 bits per heavy atom. The van der Waals surface area contributed by atoms with Crippen LogP contribution in [0.4, 0.5) is 0 Å². The Morgan fingerprint density at radius 1 is 1.08 bits per heavy atom. The van der Waals surface area contributed by atoms with Crippen molar-refractivity contribution in [1.82, 2.24) is 5.32 Å². The summed E-state index contributed by atoms with van der Waals surface area (Å²) in [5.74, 6) is -2.43. The standard InChI is InChI=1S/C17H11AsBrNO5/c19-9-2-3-10-11(6-9)13(16(23)20-15(10)22)7-18-8-1-4-14(21)12(5-8)17(24)25/h1-7,18,21H,(H,24,25)(H,20,22,23)/b13-7-. The van der Waals surface area contributed by atoms with Crippen LogP contribution in [0, 0.1) is 0 Å². The fourth-order valence-corrected chi connectivity index (χ4v) is 4.86. The average Bonchev–Trinajstić information content (AvgIpc) is 2.55. The number of halogens is 1. The van der Waals surface area contributed by atoms with Gasteiger partial charge in [-0.15, -0.1) is 0 Å². The Hall–Kier alpha value is -2.37. The predicted molar refractivity (Wildman–Crippen MR) is 96.4 cm³/mol. The quantitative estimate of drug-likeness (QED) is 0.361. The van der Waals surface area contributed by atoms with Crippen molar-refractivity contribution >= 4 is 59.4 Å². The van der Waals surface area contributed by atoms with Gasteiger partial charge in [0.1, 0.15) is 0 Å². The number of aromatic carboxylic acids is 1. The van der Waals surface area contributed by atoms with E-state index in [-0.39, 0.29) is 11.3 Å². The molecule has 3 rings (SSSR count). The first kappa shape index (κ1) is 17.5. The van der Waals surface area contributed by atoms with Gasteiger partial charge in [0.05, 0.1) is 0 Å². The first-order valence-corrected chi connectivity index (χ1v) is 10.1. The van der Waals surface area contributed by atoms with Gasteiger partial charge in [-0.2, -0.15) is 0 Å². The summed E-state index contributed by atoms with van der Waals surface area (Å²) in [4.78, 5) is 37.0. The van der Waals surface area contributed by atoms with Gasteiger partial charge in [-0.25, -0.2) is 0 Å². The molecule has 2 aromatic rings. The summed E-state index contributed by atoms with van der Waals surface area (Å²) >= 11 is 2.33. The number of phenols is 1. The number of carboxylic acids is 1. The zero-order valence-electron chi connectivity index (χ0n) is 12.5. The van der Waals surface area contributed by atoms with Crippen LogP contribution < -0.4 is 9.67 Å². The van der Waals surface area contributed by atoms with E-state index in [2.05, 4.69) is 21.2 Å². The van der Waals surface area contributed by atoms with Crippen molar-refractivity contribution in [3.63, 3.8) is 0 Å². The molecule has 0 fully saturated rings. The molecular weight excluding hydrogens is 453 g/mol. The molecule has 1 heterocycles. The van der Waals surface area contributed by atoms with Crippen LogP contribution in [0.25, 0.3) is 5.57 Å². The van der Waals surface area contributed by atoms with Crippen LogP contribution >= 0.6 is 15.9 Å². The van der Waals surface area contributed by atoms with Crippen LogP contribution in [-0.2, 0) is 4.79 Å². The Bertz CT molecular complexity index is 954. The Morgan fingerprint density at radius 3 is 2.56 bits per heavy atom. The molecule has 2 amide bonds. The molecule has 126 valence electrons. The summed E-state index contributed by atoms with van der Waals surface area (Å²) in [6.07, 6.45) is 0. The zero-order valence-corrected chi connectivity index (χ0v) is 16.2. The minimum absolute atomic E-state index is 0.175. The fraction of sp³-hybridized carbons (Fsp3) is 0. The summed E-state index contributed by atoms with van der Waals surface area (Å²) in [5, 5.41) is 20.9. The molecule has 0 aliphatic carbocycles. The topological polar surface area (TPSA) is 104 Å². The van der Waals surface area contributed by atoms with Gasteiger partial charge in [0.2, 0.25) is 0 Å². The van der Waals surface area contributed by atoms with Crippen molar-refractivity contribution < 1.29 is 24.6 Å². The van der Waals surface area contributed by atoms with E-state index in [0.717, 1.165) is 8.82 Å². The van der Waals surface area contributed by atoms with Gasteiger partial charge in [0.25, 0.3) is 0 Å². The van der Waals surface area contributed by atoms with Crippen molar-refractivity contribution in [3.05, 3.63) is 62.4 Å². The van der Waals surface area contributed by atoms with Gasteiger partial charge in [-0.3, -0.25) is 0 Å². The number of imide groups is 1. The third-order valence-corrected chi connectivity index (χ3v) is 6.35. The molecule has 1 aliphatic rings. The van der Waals surface area contributed by atoms with E-state index < -0.39 is 33.5 Å². The normalized spacial score (nSPS) is 15.5. The van der Waals surface area contributed by atoms with Gasteiger partial charge < -0.3 is 0 Å². The summed E-state index contributed by atoms with van der Waals surface area (Å²) < 4.78 is 1.49. The van der Waals surface area contributed by atoms with Crippen LogP contribution in [0.2, 0.25) is 0 Å². The third kappa shape index (κ3) is 3.52. The Balaban J connectivity index is 1.99. The molecule has 1 aliphatic heterocycles. The number of fused-ring (bicyclic) bond motifs is 1. The molecule has 2 aromatic carbocycles. The van der Waals surface area contributed by atoms with E-state index in [1.165, 1.54) is 12.1 Å². The number of nitrogens with one attached hydrogen (secondary N) is 1. The van der Waals surface area contributed by atoms with Crippen LogP contribution in [0.5, 0.6) is 5.75 Å². The monoisotopic (exact) mass is 463 g/mol. The second-order valence-electron chi connectivity index (χ2n) is 5.21. The van der Waals surface area contributed by atoms with Crippen molar-refractivity contribution in [2.45, 2.75) is 0 Å². The van der Waals surface area contributed by atoms with Crippen molar-refractivity contribution in [2.24, 2.45) is 0 Å². The van der Waals surface area contributed by atoms with Crippen LogP contribution in [0.1, 0.15) is 26.3 Å². The van der Waals surface area contributed by atoms with Gasteiger partial charge in [-0.1, -0.05) is 0 Å². The van der Waals surface area contributed by atoms with E-state index in [9.17, 15) is 19.5 Å². The Labute approximate surface area is 157 Å². The predicted octanol–water partition coefficient (Wildman–Crippen LogP) is 1.23. The van der Waals surface area contributed by atoms with Gasteiger partial charge in [0.15, 0.2) is 0 Å². The van der Waals surface area contributed by atoms with Gasteiger partial charge in [-0.05, 0) is 0 Å². The number of aromatic hydroxyl groups is 1. The number of carboxylic acid groups (broad SMARTS) is 1. The Kier molecular flexibility index (Phi) is 4.79. The number of amides is 2. The fourth-order valence-electron chi connectivity index (χ4n) is 2.39. The van der Waals surface area contributed by atoms with E-state index in [1.54, 1.807) is 29.1 Å². The molecular formula is C17H11AsBrNO5. The molecule has 0 bridgehead atoms. The number of carbonyl (C=O) groups is 3. The number of hydrogen-bond donors (Lipinski definition) is 3. The van der Waals surface area contributed by atoms with Crippen LogP contribution in [0.15, 0.2) is 45.7 Å². The van der Waals surface area contributed by atoms with Crippen LogP contribution in [-0.4, -0.2) is 43.7 Å². The first-order chi connectivity index (χ1) is 11.9. The summed E-state index contributed by atoms with van der Waals surface area (Å²) in [7, 11) is 0. The second-order valence-corrected chi connectivity index (χ2v) is 8.55. The van der Waals surface area contributed by atoms with Crippen LogP contribution in [0.3, 0.4) is 0 Å². The number of rotatable bonds is 3. The molecule has 6 nitrogen and oxygen atoms in total. The molecule has 0 spiro atoms.